The molecule has 46 heavy (non-hydrogen) atoms. The molecule has 0 spiro atoms. The van der Waals surface area contributed by atoms with Crippen molar-refractivity contribution in [2.75, 3.05) is 27.9 Å². The number of esters is 1. The van der Waals surface area contributed by atoms with Crippen molar-refractivity contribution in [2.45, 2.75) is 53.0 Å². The van der Waals surface area contributed by atoms with E-state index in [0.717, 1.165) is 38.9 Å². The summed E-state index contributed by atoms with van der Waals surface area (Å²) < 4.78 is 21.6. The van der Waals surface area contributed by atoms with Crippen LogP contribution >= 0.6 is 0 Å². The van der Waals surface area contributed by atoms with Gasteiger partial charge < -0.3 is 23.3 Å². The molecule has 0 atom stereocenters. The molecular weight excluding hydrogens is 600 g/mol. The van der Waals surface area contributed by atoms with E-state index in [4.69, 9.17) is 33.0 Å². The Labute approximate surface area is 271 Å². The molecule has 1 N–H and O–H groups in total. The number of amides is 1. The second-order valence-electron chi connectivity index (χ2n) is 11.2. The average Bonchev–Trinajstić information content (AvgIpc) is 3.04. The molecule has 3 aromatic carbocycles. The Balaban J connectivity index is 1.43. The number of benzene rings is 3. The fourth-order valence-corrected chi connectivity index (χ4v) is 6.84. The predicted octanol–water partition coefficient (Wildman–Crippen LogP) is 6.18. The fourth-order valence-electron chi connectivity index (χ4n) is 5.12. The van der Waals surface area contributed by atoms with Gasteiger partial charge in [0.15, 0.2) is 17.5 Å². The summed E-state index contributed by atoms with van der Waals surface area (Å²) in [7, 11) is 1.98. The van der Waals surface area contributed by atoms with Crippen LogP contribution in [0.25, 0.3) is 34.2 Å². The smallest absolute Gasteiger partial charge is 0.427 e. The number of nitrogens with zero attached hydrogens (tertiary/aromatic N) is 3. The molecule has 1 amide bonds. The molecule has 10 nitrogen and oxygen atoms in total. The topological polar surface area (TPSA) is 122 Å². The van der Waals surface area contributed by atoms with Crippen LogP contribution in [0.4, 0.5) is 0 Å². The zero-order chi connectivity index (χ0) is 33.3. The molecule has 0 aliphatic rings. The van der Waals surface area contributed by atoms with Gasteiger partial charge in [-0.1, -0.05) is 47.5 Å². The van der Waals surface area contributed by atoms with E-state index < -0.39 is 14.8 Å². The highest BCUT2D eigenvalue weighted by molar-refractivity contribution is 6.60. The molecule has 4 aromatic rings. The first-order valence-corrected chi connectivity index (χ1v) is 17.1. The summed E-state index contributed by atoms with van der Waals surface area (Å²) in [6, 6.07) is 20.0. The molecule has 242 valence electrons. The van der Waals surface area contributed by atoms with Crippen LogP contribution in [0.5, 0.6) is 5.75 Å². The number of aryl methyl sites for hydroxylation is 4. The van der Waals surface area contributed by atoms with Gasteiger partial charge in [0.1, 0.15) is 5.75 Å². The molecule has 0 radical (unpaired) electrons. The summed E-state index contributed by atoms with van der Waals surface area (Å²) in [6.07, 6.45) is 0.599. The van der Waals surface area contributed by atoms with E-state index in [0.29, 0.717) is 42.2 Å². The predicted molar refractivity (Wildman–Crippen MR) is 179 cm³/mol. The van der Waals surface area contributed by atoms with Crippen LogP contribution in [0, 0.1) is 27.7 Å². The van der Waals surface area contributed by atoms with Crippen molar-refractivity contribution in [1.82, 2.24) is 20.3 Å². The molecule has 1 aromatic heterocycles. The SMILES string of the molecule is CO[Si](CCCNC(=O)CCC(=O)Oc1ccc(-c2nc(-c3ccc(C)cc3C)nc(-c3ccc(C)cc3C)n2)cc1)(OC)OC. The monoisotopic (exact) mass is 642 g/mol. The standard InChI is InChI=1S/C35H42N4O6Si/c1-23-9-15-29(25(3)21-23)34-37-33(38-35(39-34)30-16-10-24(2)22-26(30)4)27-11-13-28(14-12-27)45-32(41)18-17-31(40)36-19-8-20-46(42-5,43-6)44-7/h9-16,21-22H,8,17-20H2,1-7H3,(H,36,40). The Morgan fingerprint density at radius 3 is 1.72 bits per heavy atom. The molecular formula is C35H42N4O6Si. The summed E-state index contributed by atoms with van der Waals surface area (Å²) in [6.45, 7) is 8.64. The van der Waals surface area contributed by atoms with Gasteiger partial charge >= 0.3 is 14.8 Å². The number of carbonyl (C=O) groups is 2. The lowest BCUT2D eigenvalue weighted by molar-refractivity contribution is -0.136. The number of rotatable bonds is 14. The minimum Gasteiger partial charge on any atom is -0.427 e. The highest BCUT2D eigenvalue weighted by atomic mass is 28.4. The number of carbonyl (C=O) groups excluding carboxylic acids is 2. The Hall–Kier alpha value is -4.29. The second kappa shape index (κ2) is 15.8. The van der Waals surface area contributed by atoms with Crippen LogP contribution < -0.4 is 10.1 Å². The third-order valence-corrected chi connectivity index (χ3v) is 10.5. The van der Waals surface area contributed by atoms with E-state index in [9.17, 15) is 9.59 Å². The lowest BCUT2D eigenvalue weighted by atomic mass is 10.0. The van der Waals surface area contributed by atoms with Crippen molar-refractivity contribution in [3.05, 3.63) is 82.9 Å². The molecule has 11 heteroatoms. The first-order chi connectivity index (χ1) is 22.1. The first kappa shape index (κ1) is 34.6. The molecule has 0 aliphatic carbocycles. The maximum Gasteiger partial charge on any atom is 0.500 e. The third-order valence-electron chi connectivity index (χ3n) is 7.70. The van der Waals surface area contributed by atoms with Gasteiger partial charge in [-0.15, -0.1) is 0 Å². The van der Waals surface area contributed by atoms with Crippen molar-refractivity contribution < 1.29 is 27.6 Å². The minimum absolute atomic E-state index is 0.0194. The Kier molecular flexibility index (Phi) is 11.9. The van der Waals surface area contributed by atoms with Gasteiger partial charge in [0.2, 0.25) is 5.91 Å². The van der Waals surface area contributed by atoms with Crippen molar-refractivity contribution in [3.8, 4) is 39.9 Å². The number of nitrogens with one attached hydrogen (secondary N) is 1. The Morgan fingerprint density at radius 1 is 0.696 bits per heavy atom. The van der Waals surface area contributed by atoms with Crippen LogP contribution in [0.15, 0.2) is 60.7 Å². The molecule has 1 heterocycles. The van der Waals surface area contributed by atoms with Crippen molar-refractivity contribution in [2.24, 2.45) is 0 Å². The van der Waals surface area contributed by atoms with Gasteiger partial charge in [0.25, 0.3) is 0 Å². The lowest BCUT2D eigenvalue weighted by Crippen LogP contribution is -2.43. The first-order valence-electron chi connectivity index (χ1n) is 15.2. The summed E-state index contributed by atoms with van der Waals surface area (Å²) in [4.78, 5) is 39.3. The fraction of sp³-hybridized carbons (Fsp3) is 0.343. The molecule has 0 aliphatic heterocycles. The van der Waals surface area contributed by atoms with Crippen molar-refractivity contribution in [1.29, 1.82) is 0 Å². The van der Waals surface area contributed by atoms with Crippen LogP contribution in [-0.4, -0.2) is 63.5 Å². The van der Waals surface area contributed by atoms with E-state index in [1.807, 2.05) is 50.2 Å². The van der Waals surface area contributed by atoms with E-state index >= 15 is 0 Å². The highest BCUT2D eigenvalue weighted by Crippen LogP contribution is 2.29. The van der Waals surface area contributed by atoms with Crippen LogP contribution in [0.1, 0.15) is 41.5 Å². The maximum absolute atomic E-state index is 12.5. The Bertz CT molecular complexity index is 1600. The Morgan fingerprint density at radius 2 is 1.22 bits per heavy atom. The molecule has 0 fully saturated rings. The number of ether oxygens (including phenoxy) is 1. The summed E-state index contributed by atoms with van der Waals surface area (Å²) >= 11 is 0. The highest BCUT2D eigenvalue weighted by Gasteiger charge is 2.36. The van der Waals surface area contributed by atoms with Gasteiger partial charge in [0, 0.05) is 57.0 Å². The molecule has 0 saturated heterocycles. The molecule has 0 saturated carbocycles. The molecule has 4 rings (SSSR count). The van der Waals surface area contributed by atoms with Gasteiger partial charge in [-0.2, -0.15) is 0 Å². The lowest BCUT2D eigenvalue weighted by Gasteiger charge is -2.24. The molecule has 0 unspecified atom stereocenters. The quantitative estimate of drug-likeness (QED) is 0.0744. The van der Waals surface area contributed by atoms with Crippen molar-refractivity contribution in [3.63, 3.8) is 0 Å². The maximum atomic E-state index is 12.5. The van der Waals surface area contributed by atoms with E-state index in [1.54, 1.807) is 33.5 Å². The summed E-state index contributed by atoms with van der Waals surface area (Å²) in [5.74, 6) is 1.32. The normalized spacial score (nSPS) is 11.4. The minimum atomic E-state index is -2.68. The van der Waals surface area contributed by atoms with Crippen LogP contribution in [-0.2, 0) is 22.9 Å². The summed E-state index contributed by atoms with van der Waals surface area (Å²) in [5.41, 5.74) is 7.10. The number of hydrogen-bond donors (Lipinski definition) is 1. The van der Waals surface area contributed by atoms with Crippen LogP contribution in [0.3, 0.4) is 0 Å². The van der Waals surface area contributed by atoms with E-state index in [1.165, 1.54) is 0 Å². The zero-order valence-corrected chi connectivity index (χ0v) is 28.6. The van der Waals surface area contributed by atoms with Gasteiger partial charge in [0.05, 0.1) is 6.42 Å². The van der Waals surface area contributed by atoms with Crippen LogP contribution in [0.2, 0.25) is 6.04 Å². The second-order valence-corrected chi connectivity index (χ2v) is 14.3. The molecule has 0 bridgehead atoms. The van der Waals surface area contributed by atoms with E-state index in [2.05, 4.69) is 31.3 Å². The number of hydrogen-bond acceptors (Lipinski definition) is 9. The third kappa shape index (κ3) is 8.91. The van der Waals surface area contributed by atoms with Crippen molar-refractivity contribution >= 4 is 20.7 Å². The van der Waals surface area contributed by atoms with Gasteiger partial charge in [-0.3, -0.25) is 9.59 Å². The number of aromatic nitrogens is 3. The average molecular weight is 643 g/mol. The van der Waals surface area contributed by atoms with E-state index in [-0.39, 0.29) is 18.7 Å². The zero-order valence-electron chi connectivity index (χ0n) is 27.6. The summed E-state index contributed by atoms with van der Waals surface area (Å²) in [5, 5.41) is 2.81. The van der Waals surface area contributed by atoms with Gasteiger partial charge in [-0.05, 0) is 69.5 Å². The van der Waals surface area contributed by atoms with Gasteiger partial charge in [-0.25, -0.2) is 15.0 Å². The largest absolute Gasteiger partial charge is 0.500 e.